The lowest BCUT2D eigenvalue weighted by atomic mass is 9.90. The van der Waals surface area contributed by atoms with E-state index in [1.807, 2.05) is 0 Å². The first-order chi connectivity index (χ1) is 16.3. The zero-order valence-electron chi connectivity index (χ0n) is 18.0. The van der Waals surface area contributed by atoms with Gasteiger partial charge < -0.3 is 0 Å². The molecule has 0 heterocycles. The number of fused-ring (bicyclic) bond motifs is 2. The van der Waals surface area contributed by atoms with Crippen molar-refractivity contribution in [2.24, 2.45) is 0 Å². The van der Waals surface area contributed by atoms with E-state index in [-0.39, 0.29) is 0 Å². The van der Waals surface area contributed by atoms with Crippen molar-refractivity contribution in [3.8, 4) is 33.4 Å². The van der Waals surface area contributed by atoms with Crippen molar-refractivity contribution in [3.05, 3.63) is 132 Å². The Morgan fingerprint density at radius 3 is 1.70 bits per heavy atom. The first-order valence-electron chi connectivity index (χ1n) is 11.1. The van der Waals surface area contributed by atoms with Crippen LogP contribution in [0.25, 0.3) is 54.9 Å². The van der Waals surface area contributed by atoms with E-state index < -0.39 is 0 Å². The van der Waals surface area contributed by atoms with Crippen molar-refractivity contribution in [3.63, 3.8) is 0 Å². The zero-order chi connectivity index (χ0) is 22.2. The zero-order valence-corrected chi connectivity index (χ0v) is 19.6. The molecule has 0 nitrogen and oxygen atoms in total. The van der Waals surface area contributed by atoms with E-state index in [2.05, 4.69) is 143 Å². The number of rotatable bonds is 3. The molecule has 0 atom stereocenters. The van der Waals surface area contributed by atoms with Gasteiger partial charge in [-0.3, -0.25) is 0 Å². The standard InChI is InChI=1S/C32H21Br/c33-28-16-15-24-20-27(14-13-25(24)21-28)30-18-17-29(31-11-4-5-12-32(30)31)26-10-6-9-23(19-26)22-7-2-1-3-8-22/h1-21H. The Hall–Kier alpha value is -3.68. The molecule has 0 aliphatic heterocycles. The van der Waals surface area contributed by atoms with E-state index in [9.17, 15) is 0 Å². The van der Waals surface area contributed by atoms with Gasteiger partial charge in [0.2, 0.25) is 0 Å². The maximum atomic E-state index is 3.58. The quantitative estimate of drug-likeness (QED) is 0.234. The van der Waals surface area contributed by atoms with Crippen LogP contribution in [0, 0.1) is 0 Å². The molecule has 0 amide bonds. The predicted octanol–water partition coefficient (Wildman–Crippen LogP) is 9.76. The summed E-state index contributed by atoms with van der Waals surface area (Å²) in [6, 6.07) is 45.9. The molecule has 6 aromatic carbocycles. The number of hydrogen-bond acceptors (Lipinski definition) is 0. The molecule has 0 aliphatic rings. The maximum Gasteiger partial charge on any atom is 0.0181 e. The summed E-state index contributed by atoms with van der Waals surface area (Å²) >= 11 is 3.58. The van der Waals surface area contributed by atoms with Crippen LogP contribution in [0.15, 0.2) is 132 Å². The van der Waals surface area contributed by atoms with Crippen LogP contribution in [-0.2, 0) is 0 Å². The minimum Gasteiger partial charge on any atom is -0.0622 e. The van der Waals surface area contributed by atoms with Gasteiger partial charge in [0.1, 0.15) is 0 Å². The molecule has 0 aliphatic carbocycles. The molecular weight excluding hydrogens is 464 g/mol. The monoisotopic (exact) mass is 484 g/mol. The van der Waals surface area contributed by atoms with Crippen molar-refractivity contribution in [2.75, 3.05) is 0 Å². The molecule has 156 valence electrons. The van der Waals surface area contributed by atoms with Gasteiger partial charge in [0, 0.05) is 4.47 Å². The topological polar surface area (TPSA) is 0 Å². The Balaban J connectivity index is 1.51. The summed E-state index contributed by atoms with van der Waals surface area (Å²) < 4.78 is 1.11. The van der Waals surface area contributed by atoms with Gasteiger partial charge >= 0.3 is 0 Å². The molecule has 0 aromatic heterocycles. The predicted molar refractivity (Wildman–Crippen MR) is 145 cm³/mol. The van der Waals surface area contributed by atoms with Crippen LogP contribution in [0.5, 0.6) is 0 Å². The first-order valence-corrected chi connectivity index (χ1v) is 11.9. The summed E-state index contributed by atoms with van der Waals surface area (Å²) in [6.45, 7) is 0. The number of hydrogen-bond donors (Lipinski definition) is 0. The normalized spacial score (nSPS) is 11.2. The lowest BCUT2D eigenvalue weighted by molar-refractivity contribution is 1.60. The minimum absolute atomic E-state index is 1.11. The fourth-order valence-electron chi connectivity index (χ4n) is 4.68. The largest absolute Gasteiger partial charge is 0.0622 e. The van der Waals surface area contributed by atoms with Gasteiger partial charge in [-0.2, -0.15) is 0 Å². The van der Waals surface area contributed by atoms with Gasteiger partial charge in [-0.15, -0.1) is 0 Å². The van der Waals surface area contributed by atoms with E-state index in [0.717, 1.165) is 4.47 Å². The van der Waals surface area contributed by atoms with Crippen molar-refractivity contribution < 1.29 is 0 Å². The molecule has 0 N–H and O–H groups in total. The molecule has 0 spiro atoms. The van der Waals surface area contributed by atoms with E-state index in [4.69, 9.17) is 0 Å². The fraction of sp³-hybridized carbons (Fsp3) is 0. The van der Waals surface area contributed by atoms with Gasteiger partial charge in [-0.25, -0.2) is 0 Å². The summed E-state index contributed by atoms with van der Waals surface area (Å²) in [7, 11) is 0. The second-order valence-corrected chi connectivity index (χ2v) is 9.28. The van der Waals surface area contributed by atoms with Crippen LogP contribution < -0.4 is 0 Å². The summed E-state index contributed by atoms with van der Waals surface area (Å²) in [5, 5.41) is 5.04. The minimum atomic E-state index is 1.11. The lowest BCUT2D eigenvalue weighted by Gasteiger charge is -2.14. The molecule has 1 heteroatoms. The average molecular weight is 485 g/mol. The van der Waals surface area contributed by atoms with E-state index in [1.54, 1.807) is 0 Å². The molecule has 33 heavy (non-hydrogen) atoms. The highest BCUT2D eigenvalue weighted by molar-refractivity contribution is 9.10. The van der Waals surface area contributed by atoms with Crippen LogP contribution in [0.1, 0.15) is 0 Å². The van der Waals surface area contributed by atoms with Crippen LogP contribution in [-0.4, -0.2) is 0 Å². The van der Waals surface area contributed by atoms with Crippen molar-refractivity contribution in [1.29, 1.82) is 0 Å². The molecule has 0 saturated carbocycles. The molecule has 0 unspecified atom stereocenters. The third kappa shape index (κ3) is 3.75. The molecule has 0 bridgehead atoms. The number of benzene rings is 6. The highest BCUT2D eigenvalue weighted by atomic mass is 79.9. The van der Waals surface area contributed by atoms with Gasteiger partial charge in [0.15, 0.2) is 0 Å². The molecule has 6 aromatic rings. The average Bonchev–Trinajstić information content (AvgIpc) is 2.88. The summed E-state index contributed by atoms with van der Waals surface area (Å²) in [6.07, 6.45) is 0. The SMILES string of the molecule is Brc1ccc2cc(-c3ccc(-c4cccc(-c5ccccc5)c4)c4ccccc34)ccc2c1. The van der Waals surface area contributed by atoms with Crippen LogP contribution >= 0.6 is 15.9 Å². The van der Waals surface area contributed by atoms with Crippen LogP contribution in [0.4, 0.5) is 0 Å². The Morgan fingerprint density at radius 2 is 0.939 bits per heavy atom. The smallest absolute Gasteiger partial charge is 0.0181 e. The molecule has 0 fully saturated rings. The molecule has 6 rings (SSSR count). The van der Waals surface area contributed by atoms with Crippen LogP contribution in [0.2, 0.25) is 0 Å². The second-order valence-electron chi connectivity index (χ2n) is 8.36. The third-order valence-corrected chi connectivity index (χ3v) is 6.81. The molecule has 0 radical (unpaired) electrons. The van der Waals surface area contributed by atoms with Gasteiger partial charge in [0.25, 0.3) is 0 Å². The third-order valence-electron chi connectivity index (χ3n) is 6.32. The molecular formula is C32H21Br. The Labute approximate surface area is 202 Å². The lowest BCUT2D eigenvalue weighted by Crippen LogP contribution is -1.87. The fourth-order valence-corrected chi connectivity index (χ4v) is 5.06. The summed E-state index contributed by atoms with van der Waals surface area (Å²) in [5.74, 6) is 0. The van der Waals surface area contributed by atoms with Gasteiger partial charge in [0.05, 0.1) is 0 Å². The van der Waals surface area contributed by atoms with Crippen molar-refractivity contribution in [1.82, 2.24) is 0 Å². The van der Waals surface area contributed by atoms with E-state index >= 15 is 0 Å². The molecule has 0 saturated heterocycles. The van der Waals surface area contributed by atoms with E-state index in [1.165, 1.54) is 54.9 Å². The number of halogens is 1. The van der Waals surface area contributed by atoms with Gasteiger partial charge in [-0.1, -0.05) is 119 Å². The highest BCUT2D eigenvalue weighted by Gasteiger charge is 2.11. The van der Waals surface area contributed by atoms with Crippen molar-refractivity contribution >= 4 is 37.5 Å². The Bertz CT molecular complexity index is 1610. The summed E-state index contributed by atoms with van der Waals surface area (Å²) in [4.78, 5) is 0. The van der Waals surface area contributed by atoms with Crippen molar-refractivity contribution in [2.45, 2.75) is 0 Å². The maximum absolute atomic E-state index is 3.58. The Kier molecular flexibility index (Phi) is 5.05. The Morgan fingerprint density at radius 1 is 0.364 bits per heavy atom. The van der Waals surface area contributed by atoms with Gasteiger partial charge in [-0.05, 0) is 79.2 Å². The first kappa shape index (κ1) is 20.0. The van der Waals surface area contributed by atoms with Crippen LogP contribution in [0.3, 0.4) is 0 Å². The summed E-state index contributed by atoms with van der Waals surface area (Å²) in [5.41, 5.74) is 7.48. The second kappa shape index (κ2) is 8.35. The van der Waals surface area contributed by atoms with E-state index in [0.29, 0.717) is 0 Å². The highest BCUT2D eigenvalue weighted by Crippen LogP contribution is 2.37.